The van der Waals surface area contributed by atoms with Crippen LogP contribution in [0.25, 0.3) is 0 Å². The Bertz CT molecular complexity index is 1140. The molecule has 0 N–H and O–H groups in total. The molecule has 0 unspecified atom stereocenters. The van der Waals surface area contributed by atoms with Crippen molar-refractivity contribution in [3.05, 3.63) is 82.9 Å². The Morgan fingerprint density at radius 3 is 2.45 bits per heavy atom. The molecule has 0 bridgehead atoms. The quantitative estimate of drug-likeness (QED) is 0.472. The summed E-state index contributed by atoms with van der Waals surface area (Å²) in [6, 6.07) is 20.6. The number of hydrogen-bond donors (Lipinski definition) is 0. The molecular weight excluding hydrogens is 416 g/mol. The van der Waals surface area contributed by atoms with E-state index in [1.807, 2.05) is 30.3 Å². The molecule has 6 rings (SSSR count). The van der Waals surface area contributed by atoms with Crippen molar-refractivity contribution in [3.63, 3.8) is 0 Å². The first kappa shape index (κ1) is 20.4. The van der Waals surface area contributed by atoms with Gasteiger partial charge in [0, 0.05) is 5.92 Å². The molecular formula is C28H28O5. The molecule has 3 aromatic rings. The molecule has 1 aliphatic carbocycles. The van der Waals surface area contributed by atoms with Crippen LogP contribution in [0.15, 0.2) is 60.7 Å². The standard InChI is InChI=1S/C28H28O5/c1-29-25-13-19(11-12-24(25)30-16-18-7-3-2-4-8-18)28-22-15-27-26(31-17-32-27)14-21(22)20-9-5-6-10-23(20)33-28/h2-4,7-8,11-15,20,23,28H,5-6,9-10,16-17H2,1H3/t20-,23+,28-/m0/s1. The van der Waals surface area contributed by atoms with Crippen LogP contribution in [-0.4, -0.2) is 20.0 Å². The van der Waals surface area contributed by atoms with Crippen molar-refractivity contribution in [2.24, 2.45) is 0 Å². The maximum atomic E-state index is 6.74. The molecule has 1 fully saturated rings. The number of rotatable bonds is 5. The van der Waals surface area contributed by atoms with Crippen LogP contribution in [0.3, 0.4) is 0 Å². The van der Waals surface area contributed by atoms with Crippen LogP contribution >= 0.6 is 0 Å². The summed E-state index contributed by atoms with van der Waals surface area (Å²) in [6.45, 7) is 0.770. The molecule has 3 aliphatic rings. The van der Waals surface area contributed by atoms with Gasteiger partial charge < -0.3 is 23.7 Å². The molecule has 33 heavy (non-hydrogen) atoms. The van der Waals surface area contributed by atoms with Gasteiger partial charge in [0.1, 0.15) is 12.7 Å². The highest BCUT2D eigenvalue weighted by Crippen LogP contribution is 2.51. The van der Waals surface area contributed by atoms with Gasteiger partial charge in [-0.3, -0.25) is 0 Å². The van der Waals surface area contributed by atoms with Gasteiger partial charge in [-0.25, -0.2) is 0 Å². The monoisotopic (exact) mass is 444 g/mol. The van der Waals surface area contributed by atoms with E-state index in [1.54, 1.807) is 7.11 Å². The Kier molecular flexibility index (Phi) is 5.35. The summed E-state index contributed by atoms with van der Waals surface area (Å²) in [7, 11) is 1.68. The highest BCUT2D eigenvalue weighted by Gasteiger charge is 2.39. The van der Waals surface area contributed by atoms with Crippen LogP contribution in [0.4, 0.5) is 0 Å². The van der Waals surface area contributed by atoms with Gasteiger partial charge >= 0.3 is 0 Å². The molecule has 170 valence electrons. The second kappa shape index (κ2) is 8.64. The van der Waals surface area contributed by atoms with E-state index in [0.717, 1.165) is 41.2 Å². The minimum Gasteiger partial charge on any atom is -0.493 e. The molecule has 3 atom stereocenters. The Morgan fingerprint density at radius 2 is 1.64 bits per heavy atom. The zero-order valence-electron chi connectivity index (χ0n) is 18.8. The van der Waals surface area contributed by atoms with Crippen LogP contribution in [0.2, 0.25) is 0 Å². The molecule has 5 nitrogen and oxygen atoms in total. The smallest absolute Gasteiger partial charge is 0.231 e. The average molecular weight is 445 g/mol. The third-order valence-corrected chi connectivity index (χ3v) is 7.00. The number of ether oxygens (including phenoxy) is 5. The average Bonchev–Trinajstić information content (AvgIpc) is 3.34. The summed E-state index contributed by atoms with van der Waals surface area (Å²) in [5.41, 5.74) is 4.68. The minimum absolute atomic E-state index is 0.175. The van der Waals surface area contributed by atoms with E-state index in [2.05, 4.69) is 30.3 Å². The van der Waals surface area contributed by atoms with Crippen LogP contribution < -0.4 is 18.9 Å². The molecule has 0 spiro atoms. The molecule has 1 saturated carbocycles. The molecule has 0 aromatic heterocycles. The van der Waals surface area contributed by atoms with Crippen molar-refractivity contribution in [3.8, 4) is 23.0 Å². The van der Waals surface area contributed by atoms with Crippen molar-refractivity contribution < 1.29 is 23.7 Å². The van der Waals surface area contributed by atoms with Crippen LogP contribution in [0, 0.1) is 0 Å². The number of benzene rings is 3. The fourth-order valence-corrected chi connectivity index (χ4v) is 5.35. The van der Waals surface area contributed by atoms with E-state index < -0.39 is 0 Å². The van der Waals surface area contributed by atoms with E-state index >= 15 is 0 Å². The number of fused-ring (bicyclic) bond motifs is 4. The van der Waals surface area contributed by atoms with Gasteiger partial charge in [0.25, 0.3) is 0 Å². The summed E-state index contributed by atoms with van der Waals surface area (Å²) in [6.07, 6.45) is 4.74. The zero-order chi connectivity index (χ0) is 22.2. The summed E-state index contributed by atoms with van der Waals surface area (Å²) < 4.78 is 29.9. The van der Waals surface area contributed by atoms with Gasteiger partial charge in [0.15, 0.2) is 23.0 Å². The largest absolute Gasteiger partial charge is 0.493 e. The zero-order valence-corrected chi connectivity index (χ0v) is 18.8. The lowest BCUT2D eigenvalue weighted by atomic mass is 9.76. The van der Waals surface area contributed by atoms with E-state index in [0.29, 0.717) is 18.3 Å². The fraction of sp³-hybridized carbons (Fsp3) is 0.357. The second-order valence-corrected chi connectivity index (χ2v) is 8.96. The normalized spacial score (nSPS) is 22.9. The maximum absolute atomic E-state index is 6.74. The van der Waals surface area contributed by atoms with Gasteiger partial charge in [-0.2, -0.15) is 0 Å². The molecule has 5 heteroatoms. The predicted octanol–water partition coefficient (Wildman–Crippen LogP) is 6.15. The third-order valence-electron chi connectivity index (χ3n) is 7.00. The van der Waals surface area contributed by atoms with Crippen molar-refractivity contribution in [2.75, 3.05) is 13.9 Å². The number of methoxy groups -OCH3 is 1. The lowest BCUT2D eigenvalue weighted by Gasteiger charge is -2.41. The Labute approximate surface area is 194 Å². The third kappa shape index (κ3) is 3.80. The number of hydrogen-bond acceptors (Lipinski definition) is 5. The van der Waals surface area contributed by atoms with Gasteiger partial charge in [-0.1, -0.05) is 49.2 Å². The first-order valence-corrected chi connectivity index (χ1v) is 11.7. The summed E-state index contributed by atoms with van der Waals surface area (Å²) >= 11 is 0. The molecule has 2 heterocycles. The Morgan fingerprint density at radius 1 is 0.848 bits per heavy atom. The topological polar surface area (TPSA) is 46.2 Å². The van der Waals surface area contributed by atoms with E-state index in [9.17, 15) is 0 Å². The SMILES string of the molecule is COc1cc([C@@H]2O[C@@H]3CCCC[C@H]3c3cc4c(cc32)OCO4)ccc1OCc1ccccc1. The molecule has 2 aliphatic heterocycles. The van der Waals surface area contributed by atoms with Crippen molar-refractivity contribution in [1.29, 1.82) is 0 Å². The Balaban J connectivity index is 1.34. The lowest BCUT2D eigenvalue weighted by Crippen LogP contribution is -2.33. The Hall–Kier alpha value is -3.18. The van der Waals surface area contributed by atoms with E-state index in [4.69, 9.17) is 23.7 Å². The molecule has 0 amide bonds. The van der Waals surface area contributed by atoms with Crippen LogP contribution in [-0.2, 0) is 11.3 Å². The van der Waals surface area contributed by atoms with E-state index in [-0.39, 0.29) is 19.0 Å². The summed E-state index contributed by atoms with van der Waals surface area (Å²) in [5, 5.41) is 0. The first-order valence-electron chi connectivity index (χ1n) is 11.7. The van der Waals surface area contributed by atoms with Gasteiger partial charge in [-0.15, -0.1) is 0 Å². The minimum atomic E-state index is -0.175. The first-order chi connectivity index (χ1) is 16.3. The predicted molar refractivity (Wildman–Crippen MR) is 124 cm³/mol. The van der Waals surface area contributed by atoms with Crippen LogP contribution in [0.5, 0.6) is 23.0 Å². The highest BCUT2D eigenvalue weighted by molar-refractivity contribution is 5.54. The van der Waals surface area contributed by atoms with E-state index in [1.165, 1.54) is 24.0 Å². The van der Waals surface area contributed by atoms with Crippen molar-refractivity contribution in [1.82, 2.24) is 0 Å². The second-order valence-electron chi connectivity index (χ2n) is 8.96. The van der Waals surface area contributed by atoms with Gasteiger partial charge in [0.2, 0.25) is 6.79 Å². The summed E-state index contributed by atoms with van der Waals surface area (Å²) in [5.74, 6) is 3.49. The van der Waals surface area contributed by atoms with Crippen molar-refractivity contribution >= 4 is 0 Å². The van der Waals surface area contributed by atoms with Crippen molar-refractivity contribution in [2.45, 2.75) is 50.4 Å². The van der Waals surface area contributed by atoms with Crippen LogP contribution in [0.1, 0.15) is 60.0 Å². The van der Waals surface area contributed by atoms with Gasteiger partial charge in [0.05, 0.1) is 13.2 Å². The fourth-order valence-electron chi connectivity index (χ4n) is 5.35. The highest BCUT2D eigenvalue weighted by atomic mass is 16.7. The lowest BCUT2D eigenvalue weighted by molar-refractivity contribution is -0.0390. The summed E-state index contributed by atoms with van der Waals surface area (Å²) in [4.78, 5) is 0. The molecule has 0 radical (unpaired) electrons. The molecule has 0 saturated heterocycles. The maximum Gasteiger partial charge on any atom is 0.231 e. The molecule has 3 aromatic carbocycles. The van der Waals surface area contributed by atoms with Gasteiger partial charge in [-0.05, 0) is 59.4 Å².